The number of hydrogen-bond donors (Lipinski definition) is 2. The molecule has 1 atom stereocenters. The van der Waals surface area contributed by atoms with Gasteiger partial charge in [-0.05, 0) is 63.1 Å². The molecule has 2 amide bonds. The summed E-state index contributed by atoms with van der Waals surface area (Å²) in [6, 6.07) is 11.1. The van der Waals surface area contributed by atoms with Crippen molar-refractivity contribution in [2.24, 2.45) is 0 Å². The van der Waals surface area contributed by atoms with E-state index in [4.69, 9.17) is 0 Å². The third kappa shape index (κ3) is 5.53. The largest absolute Gasteiger partial charge is 0.342 e. The van der Waals surface area contributed by atoms with Gasteiger partial charge in [-0.2, -0.15) is 0 Å². The Morgan fingerprint density at radius 2 is 1.88 bits per heavy atom. The van der Waals surface area contributed by atoms with Crippen LogP contribution in [0.1, 0.15) is 47.2 Å². The van der Waals surface area contributed by atoms with E-state index in [1.54, 1.807) is 13.0 Å². The average molecular weight is 456 g/mol. The van der Waals surface area contributed by atoms with Crippen molar-refractivity contribution < 1.29 is 14.0 Å². The van der Waals surface area contributed by atoms with E-state index in [1.165, 1.54) is 30.0 Å². The van der Waals surface area contributed by atoms with Gasteiger partial charge in [0.25, 0.3) is 5.91 Å². The smallest absolute Gasteiger partial charge is 0.254 e. The minimum atomic E-state index is -0.583. The summed E-state index contributed by atoms with van der Waals surface area (Å²) in [5, 5.41) is 14.6. The van der Waals surface area contributed by atoms with Crippen molar-refractivity contribution >= 4 is 29.3 Å². The van der Waals surface area contributed by atoms with E-state index < -0.39 is 17.8 Å². The first-order chi connectivity index (χ1) is 15.3. The number of amides is 2. The molecule has 2 aromatic carbocycles. The van der Waals surface area contributed by atoms with Crippen LogP contribution in [0.2, 0.25) is 0 Å². The summed E-state index contributed by atoms with van der Waals surface area (Å²) in [6.45, 7) is 8.26. The van der Waals surface area contributed by atoms with Gasteiger partial charge in [-0.3, -0.25) is 9.59 Å². The molecule has 0 spiro atoms. The number of carbonyl (C=O) groups excluding carboxylic acids is 2. The molecule has 32 heavy (non-hydrogen) atoms. The Labute approximate surface area is 190 Å². The fraction of sp³-hybridized carbons (Fsp3) is 0.304. The van der Waals surface area contributed by atoms with Gasteiger partial charge in [0.1, 0.15) is 5.82 Å². The molecule has 168 valence electrons. The zero-order valence-electron chi connectivity index (χ0n) is 18.5. The molecule has 0 aliphatic carbocycles. The SMILES string of the molecule is CCn1c(SCC(=O)Nc2ccc(C)c(C)c2)nnc1[C@H](C)NC(=O)c1ccccc1F. The van der Waals surface area contributed by atoms with Crippen LogP contribution in [0.5, 0.6) is 0 Å². The zero-order chi connectivity index (χ0) is 23.3. The summed E-state index contributed by atoms with van der Waals surface area (Å²) < 4.78 is 15.7. The second kappa shape index (κ2) is 10.4. The van der Waals surface area contributed by atoms with Crippen LogP contribution in [0, 0.1) is 19.7 Å². The lowest BCUT2D eigenvalue weighted by atomic mass is 10.1. The third-order valence-electron chi connectivity index (χ3n) is 5.04. The van der Waals surface area contributed by atoms with Gasteiger partial charge in [0.15, 0.2) is 11.0 Å². The number of aromatic nitrogens is 3. The first-order valence-electron chi connectivity index (χ1n) is 10.3. The Morgan fingerprint density at radius 3 is 2.56 bits per heavy atom. The van der Waals surface area contributed by atoms with Gasteiger partial charge < -0.3 is 15.2 Å². The van der Waals surface area contributed by atoms with Crippen molar-refractivity contribution in [3.05, 3.63) is 70.8 Å². The fourth-order valence-electron chi connectivity index (χ4n) is 3.16. The monoisotopic (exact) mass is 455 g/mol. The lowest BCUT2D eigenvalue weighted by Crippen LogP contribution is -2.29. The number of rotatable bonds is 8. The van der Waals surface area contributed by atoms with E-state index in [2.05, 4.69) is 20.8 Å². The maximum Gasteiger partial charge on any atom is 0.254 e. The standard InChI is InChI=1S/C23H26FN5O2S/c1-5-29-21(16(4)25-22(31)18-8-6-7-9-19(18)24)27-28-23(29)32-13-20(30)26-17-11-10-14(2)15(3)12-17/h6-12,16H,5,13H2,1-4H3,(H,25,31)(H,26,30)/t16-/m0/s1. The maximum absolute atomic E-state index is 13.9. The number of nitrogens with zero attached hydrogens (tertiary/aromatic N) is 3. The second-order valence-corrected chi connectivity index (χ2v) is 8.34. The van der Waals surface area contributed by atoms with Gasteiger partial charge in [-0.1, -0.05) is 30.0 Å². The van der Waals surface area contributed by atoms with Gasteiger partial charge in [0.05, 0.1) is 17.4 Å². The molecule has 0 radical (unpaired) electrons. The summed E-state index contributed by atoms with van der Waals surface area (Å²) in [5.74, 6) is -0.551. The van der Waals surface area contributed by atoms with E-state index in [-0.39, 0.29) is 17.2 Å². The Bertz CT molecular complexity index is 1130. The van der Waals surface area contributed by atoms with E-state index in [0.29, 0.717) is 17.5 Å². The van der Waals surface area contributed by atoms with Crippen molar-refractivity contribution in [2.75, 3.05) is 11.1 Å². The molecular weight excluding hydrogens is 429 g/mol. The third-order valence-corrected chi connectivity index (χ3v) is 6.00. The summed E-state index contributed by atoms with van der Waals surface area (Å²) in [4.78, 5) is 24.8. The molecule has 1 aromatic heterocycles. The highest BCUT2D eigenvalue weighted by molar-refractivity contribution is 7.99. The highest BCUT2D eigenvalue weighted by Gasteiger charge is 2.21. The Hall–Kier alpha value is -3.20. The topological polar surface area (TPSA) is 88.9 Å². The number of anilines is 1. The normalized spacial score (nSPS) is 11.8. The number of aryl methyl sites for hydroxylation is 2. The lowest BCUT2D eigenvalue weighted by Gasteiger charge is -2.15. The molecule has 3 aromatic rings. The predicted octanol–water partition coefficient (Wildman–Crippen LogP) is 4.28. The minimum Gasteiger partial charge on any atom is -0.342 e. The molecule has 3 rings (SSSR count). The average Bonchev–Trinajstić information content (AvgIpc) is 3.18. The van der Waals surface area contributed by atoms with Crippen molar-refractivity contribution in [1.29, 1.82) is 0 Å². The number of benzene rings is 2. The highest BCUT2D eigenvalue weighted by Crippen LogP contribution is 2.22. The Kier molecular flexibility index (Phi) is 7.63. The minimum absolute atomic E-state index is 0.0282. The van der Waals surface area contributed by atoms with Crippen LogP contribution in [-0.4, -0.2) is 32.3 Å². The first kappa shape index (κ1) is 23.5. The van der Waals surface area contributed by atoms with Crippen molar-refractivity contribution in [3.8, 4) is 0 Å². The number of halogens is 1. The highest BCUT2D eigenvalue weighted by atomic mass is 32.2. The van der Waals surface area contributed by atoms with E-state index in [9.17, 15) is 14.0 Å². The van der Waals surface area contributed by atoms with Crippen LogP contribution in [0.15, 0.2) is 47.6 Å². The van der Waals surface area contributed by atoms with Gasteiger partial charge >= 0.3 is 0 Å². The summed E-state index contributed by atoms with van der Waals surface area (Å²) in [5.41, 5.74) is 3.00. The number of thioether (sulfide) groups is 1. The number of carbonyl (C=O) groups is 2. The molecule has 0 bridgehead atoms. The molecule has 7 nitrogen and oxygen atoms in total. The van der Waals surface area contributed by atoms with E-state index >= 15 is 0 Å². The van der Waals surface area contributed by atoms with Crippen molar-refractivity contribution in [2.45, 2.75) is 45.4 Å². The van der Waals surface area contributed by atoms with Crippen molar-refractivity contribution in [1.82, 2.24) is 20.1 Å². The molecule has 0 saturated heterocycles. The summed E-state index contributed by atoms with van der Waals surface area (Å²) in [7, 11) is 0. The van der Waals surface area contributed by atoms with Crippen molar-refractivity contribution in [3.63, 3.8) is 0 Å². The molecule has 1 heterocycles. The predicted molar refractivity (Wildman–Crippen MR) is 123 cm³/mol. The quantitative estimate of drug-likeness (QED) is 0.495. The molecule has 0 aliphatic heterocycles. The fourth-order valence-corrected chi connectivity index (χ4v) is 3.96. The summed E-state index contributed by atoms with van der Waals surface area (Å²) in [6.07, 6.45) is 0. The summed E-state index contributed by atoms with van der Waals surface area (Å²) >= 11 is 1.27. The number of nitrogens with one attached hydrogen (secondary N) is 2. The zero-order valence-corrected chi connectivity index (χ0v) is 19.3. The molecule has 2 N–H and O–H groups in total. The van der Waals surface area contributed by atoms with Gasteiger partial charge in [0.2, 0.25) is 5.91 Å². The maximum atomic E-state index is 13.9. The van der Waals surface area contributed by atoms with Crippen LogP contribution < -0.4 is 10.6 Å². The van der Waals surface area contributed by atoms with Gasteiger partial charge in [-0.15, -0.1) is 10.2 Å². The second-order valence-electron chi connectivity index (χ2n) is 7.40. The van der Waals surface area contributed by atoms with Crippen LogP contribution in [-0.2, 0) is 11.3 Å². The molecular formula is C23H26FN5O2S. The van der Waals surface area contributed by atoms with E-state index in [1.807, 2.05) is 43.5 Å². The van der Waals surface area contributed by atoms with Crippen LogP contribution >= 0.6 is 11.8 Å². The Balaban J connectivity index is 1.63. The lowest BCUT2D eigenvalue weighted by molar-refractivity contribution is -0.113. The molecule has 0 unspecified atom stereocenters. The molecule has 0 fully saturated rings. The number of hydrogen-bond acceptors (Lipinski definition) is 5. The van der Waals surface area contributed by atoms with Crippen LogP contribution in [0.3, 0.4) is 0 Å². The van der Waals surface area contributed by atoms with Gasteiger partial charge in [0, 0.05) is 12.2 Å². The molecule has 0 aliphatic rings. The van der Waals surface area contributed by atoms with Crippen LogP contribution in [0.25, 0.3) is 0 Å². The Morgan fingerprint density at radius 1 is 1.12 bits per heavy atom. The molecule has 0 saturated carbocycles. The molecule has 9 heteroatoms. The van der Waals surface area contributed by atoms with Crippen LogP contribution in [0.4, 0.5) is 10.1 Å². The van der Waals surface area contributed by atoms with E-state index in [0.717, 1.165) is 16.8 Å². The first-order valence-corrected chi connectivity index (χ1v) is 11.3. The van der Waals surface area contributed by atoms with Gasteiger partial charge in [-0.25, -0.2) is 4.39 Å².